The van der Waals surface area contributed by atoms with Gasteiger partial charge in [-0.15, -0.1) is 0 Å². The number of nitrogens with zero attached hydrogens (tertiary/aromatic N) is 3. The smallest absolute Gasteiger partial charge is 0.292 e. The van der Waals surface area contributed by atoms with E-state index >= 15 is 0 Å². The molecule has 0 atom stereocenters. The number of aryl methyl sites for hydroxylation is 1. The summed E-state index contributed by atoms with van der Waals surface area (Å²) in [7, 11) is 0. The van der Waals surface area contributed by atoms with Crippen LogP contribution in [0.4, 0.5) is 11.4 Å². The van der Waals surface area contributed by atoms with Gasteiger partial charge >= 0.3 is 0 Å². The first kappa shape index (κ1) is 13.1. The van der Waals surface area contributed by atoms with Crippen LogP contribution in [0, 0.1) is 17.0 Å². The monoisotopic (exact) mass is 260 g/mol. The van der Waals surface area contributed by atoms with Gasteiger partial charge in [-0.25, -0.2) is 0 Å². The van der Waals surface area contributed by atoms with E-state index < -0.39 is 0 Å². The fourth-order valence-electron chi connectivity index (χ4n) is 1.90. The van der Waals surface area contributed by atoms with Crippen molar-refractivity contribution in [3.63, 3.8) is 0 Å². The molecule has 1 heterocycles. The average Bonchev–Trinajstić information content (AvgIpc) is 2.77. The Bertz CT molecular complexity index is 592. The van der Waals surface area contributed by atoms with Crippen LogP contribution in [0.1, 0.15) is 18.2 Å². The van der Waals surface area contributed by atoms with Crippen LogP contribution in [0.2, 0.25) is 0 Å². The summed E-state index contributed by atoms with van der Waals surface area (Å²) < 4.78 is 1.81. The fourth-order valence-corrected chi connectivity index (χ4v) is 1.90. The van der Waals surface area contributed by atoms with Crippen molar-refractivity contribution in [2.45, 2.75) is 20.4 Å². The predicted molar refractivity (Wildman–Crippen MR) is 73.3 cm³/mol. The van der Waals surface area contributed by atoms with Crippen molar-refractivity contribution in [2.75, 3.05) is 11.9 Å². The molecule has 1 aromatic carbocycles. The van der Waals surface area contributed by atoms with E-state index in [0.29, 0.717) is 18.8 Å². The molecule has 6 nitrogen and oxygen atoms in total. The number of anilines is 1. The third-order valence-corrected chi connectivity index (χ3v) is 2.89. The molecule has 0 aliphatic heterocycles. The number of rotatable bonds is 5. The summed E-state index contributed by atoms with van der Waals surface area (Å²) in [4.78, 5) is 10.7. The highest BCUT2D eigenvalue weighted by Gasteiger charge is 2.14. The third-order valence-electron chi connectivity index (χ3n) is 2.89. The Kier molecular flexibility index (Phi) is 3.79. The minimum atomic E-state index is -0.364. The molecule has 0 amide bonds. The molecule has 0 aliphatic carbocycles. The van der Waals surface area contributed by atoms with Crippen LogP contribution >= 0.6 is 0 Å². The number of nitro groups is 1. The lowest BCUT2D eigenvalue weighted by atomic mass is 10.1. The summed E-state index contributed by atoms with van der Waals surface area (Å²) in [5.41, 5.74) is 2.54. The molecule has 0 bridgehead atoms. The second kappa shape index (κ2) is 5.51. The number of hydrogen-bond acceptors (Lipinski definition) is 4. The first-order chi connectivity index (χ1) is 9.11. The summed E-state index contributed by atoms with van der Waals surface area (Å²) in [6.45, 7) is 5.05. The van der Waals surface area contributed by atoms with Crippen LogP contribution in [-0.4, -0.2) is 21.2 Å². The van der Waals surface area contributed by atoms with E-state index in [1.165, 1.54) is 0 Å². The zero-order valence-corrected chi connectivity index (χ0v) is 11.0. The van der Waals surface area contributed by atoms with Gasteiger partial charge in [0.2, 0.25) is 0 Å². The zero-order chi connectivity index (χ0) is 13.8. The quantitative estimate of drug-likeness (QED) is 0.662. The van der Waals surface area contributed by atoms with E-state index in [-0.39, 0.29) is 10.6 Å². The minimum absolute atomic E-state index is 0.101. The molecule has 0 saturated heterocycles. The van der Waals surface area contributed by atoms with Crippen molar-refractivity contribution in [2.24, 2.45) is 0 Å². The second-order valence-corrected chi connectivity index (χ2v) is 4.27. The minimum Gasteiger partial charge on any atom is -0.380 e. The molecule has 1 aromatic heterocycles. The van der Waals surface area contributed by atoms with Crippen LogP contribution in [-0.2, 0) is 6.54 Å². The van der Waals surface area contributed by atoms with Gasteiger partial charge in [-0.1, -0.05) is 6.07 Å². The largest absolute Gasteiger partial charge is 0.380 e. The van der Waals surface area contributed by atoms with E-state index in [1.54, 1.807) is 18.3 Å². The summed E-state index contributed by atoms with van der Waals surface area (Å²) in [5, 5.41) is 18.2. The topological polar surface area (TPSA) is 73.0 Å². The highest BCUT2D eigenvalue weighted by Crippen LogP contribution is 2.25. The maximum absolute atomic E-state index is 11.1. The molecule has 0 aliphatic rings. The van der Waals surface area contributed by atoms with E-state index in [2.05, 4.69) is 10.4 Å². The van der Waals surface area contributed by atoms with Crippen molar-refractivity contribution < 1.29 is 4.92 Å². The number of aromatic nitrogens is 2. The van der Waals surface area contributed by atoms with Crippen molar-refractivity contribution in [1.82, 2.24) is 9.78 Å². The first-order valence-corrected chi connectivity index (χ1v) is 6.11. The van der Waals surface area contributed by atoms with Crippen molar-refractivity contribution in [1.29, 1.82) is 0 Å². The lowest BCUT2D eigenvalue weighted by Gasteiger charge is -2.08. The molecule has 6 heteroatoms. The molecule has 0 spiro atoms. The van der Waals surface area contributed by atoms with Gasteiger partial charge < -0.3 is 5.32 Å². The molecule has 0 saturated carbocycles. The van der Waals surface area contributed by atoms with Crippen LogP contribution in [0.5, 0.6) is 0 Å². The Balaban J connectivity index is 2.30. The van der Waals surface area contributed by atoms with E-state index in [0.717, 1.165) is 11.3 Å². The predicted octanol–water partition coefficient (Wildman–Crippen LogP) is 2.58. The number of hydrogen-bond donors (Lipinski definition) is 1. The molecule has 2 rings (SSSR count). The first-order valence-electron chi connectivity index (χ1n) is 6.11. The maximum atomic E-state index is 11.1. The molecule has 100 valence electrons. The van der Waals surface area contributed by atoms with Gasteiger partial charge in [0.05, 0.1) is 11.5 Å². The molecular weight excluding hydrogens is 244 g/mol. The fraction of sp³-hybridized carbons (Fsp3) is 0.308. The summed E-state index contributed by atoms with van der Waals surface area (Å²) >= 11 is 0. The summed E-state index contributed by atoms with van der Waals surface area (Å²) in [6, 6.07) is 7.13. The van der Waals surface area contributed by atoms with Gasteiger partial charge in [-0.2, -0.15) is 5.10 Å². The molecule has 0 unspecified atom stereocenters. The molecule has 0 radical (unpaired) electrons. The second-order valence-electron chi connectivity index (χ2n) is 4.27. The highest BCUT2D eigenvalue weighted by atomic mass is 16.6. The molecule has 19 heavy (non-hydrogen) atoms. The third kappa shape index (κ3) is 2.90. The summed E-state index contributed by atoms with van der Waals surface area (Å²) in [6.07, 6.45) is 1.72. The molecule has 2 aromatic rings. The Morgan fingerprint density at radius 2 is 2.21 bits per heavy atom. The normalized spacial score (nSPS) is 10.4. The standard InChI is InChI=1S/C13H16N4O2/c1-3-14-12-5-4-11(8-13(12)17(18)19)9-16-10(2)6-7-15-16/h4-8,14H,3,9H2,1-2H3. The van der Waals surface area contributed by atoms with Gasteiger partial charge in [-0.3, -0.25) is 14.8 Å². The zero-order valence-electron chi connectivity index (χ0n) is 11.0. The molecule has 0 fully saturated rings. The van der Waals surface area contributed by atoms with Gasteiger partial charge in [0.1, 0.15) is 5.69 Å². The van der Waals surface area contributed by atoms with Crippen molar-refractivity contribution in [3.8, 4) is 0 Å². The molecular formula is C13H16N4O2. The number of nitro benzene ring substituents is 1. The SMILES string of the molecule is CCNc1ccc(Cn2nccc2C)cc1[N+](=O)[O-]. The van der Waals surface area contributed by atoms with Gasteiger partial charge in [-0.05, 0) is 31.5 Å². The van der Waals surface area contributed by atoms with Crippen LogP contribution in [0.15, 0.2) is 30.5 Å². The number of nitrogens with one attached hydrogen (secondary N) is 1. The van der Waals surface area contributed by atoms with Crippen molar-refractivity contribution >= 4 is 11.4 Å². The van der Waals surface area contributed by atoms with E-state index in [4.69, 9.17) is 0 Å². The lowest BCUT2D eigenvalue weighted by Crippen LogP contribution is -2.06. The average molecular weight is 260 g/mol. The van der Waals surface area contributed by atoms with Gasteiger partial charge in [0.15, 0.2) is 0 Å². The lowest BCUT2D eigenvalue weighted by molar-refractivity contribution is -0.384. The van der Waals surface area contributed by atoms with Crippen LogP contribution < -0.4 is 5.32 Å². The molecule has 1 N–H and O–H groups in total. The van der Waals surface area contributed by atoms with Gasteiger partial charge in [0, 0.05) is 24.5 Å². The Labute approximate surface area is 111 Å². The highest BCUT2D eigenvalue weighted by molar-refractivity contribution is 5.62. The summed E-state index contributed by atoms with van der Waals surface area (Å²) in [5.74, 6) is 0. The van der Waals surface area contributed by atoms with Gasteiger partial charge in [0.25, 0.3) is 5.69 Å². The Morgan fingerprint density at radius 1 is 1.42 bits per heavy atom. The van der Waals surface area contributed by atoms with Crippen LogP contribution in [0.3, 0.4) is 0 Å². The van der Waals surface area contributed by atoms with Crippen molar-refractivity contribution in [3.05, 3.63) is 51.8 Å². The Morgan fingerprint density at radius 3 is 2.79 bits per heavy atom. The van der Waals surface area contributed by atoms with E-state index in [9.17, 15) is 10.1 Å². The van der Waals surface area contributed by atoms with Crippen LogP contribution in [0.25, 0.3) is 0 Å². The number of benzene rings is 1. The maximum Gasteiger partial charge on any atom is 0.292 e. The van der Waals surface area contributed by atoms with E-state index in [1.807, 2.05) is 30.7 Å². The Hall–Kier alpha value is -2.37.